The molecule has 0 spiro atoms. The van der Waals surface area contributed by atoms with Gasteiger partial charge in [0.2, 0.25) is 0 Å². The molecule has 1 aliphatic rings. The molecule has 1 saturated heterocycles. The van der Waals surface area contributed by atoms with Gasteiger partial charge in [0.25, 0.3) is 0 Å². The molecule has 1 fully saturated rings. The maximum atomic E-state index is 14.9. The number of nitrogens with zero attached hydrogens (tertiary/aromatic N) is 4. The quantitative estimate of drug-likeness (QED) is 0.431. The second kappa shape index (κ2) is 7.86. The number of pyridine rings is 1. The molecular formula is C23H20FN5S2. The van der Waals surface area contributed by atoms with Crippen LogP contribution in [0.3, 0.4) is 0 Å². The highest BCUT2D eigenvalue weighted by Gasteiger charge is 2.43. The van der Waals surface area contributed by atoms with E-state index in [1.807, 2.05) is 34.5 Å². The molecule has 1 aromatic carbocycles. The number of hydrogen-bond donors (Lipinski definition) is 1. The topological polar surface area (TPSA) is 46.0 Å². The van der Waals surface area contributed by atoms with Crippen molar-refractivity contribution in [3.63, 3.8) is 0 Å². The van der Waals surface area contributed by atoms with Gasteiger partial charge in [0, 0.05) is 29.2 Å². The first-order valence-electron chi connectivity index (χ1n) is 9.90. The average Bonchev–Trinajstić information content (AvgIpc) is 3.47. The van der Waals surface area contributed by atoms with Gasteiger partial charge in [0.15, 0.2) is 10.2 Å². The van der Waals surface area contributed by atoms with E-state index in [0.29, 0.717) is 10.8 Å². The number of aryl methyl sites for hydroxylation is 1. The summed E-state index contributed by atoms with van der Waals surface area (Å²) < 4.78 is 17.0. The van der Waals surface area contributed by atoms with Crippen LogP contribution in [0, 0.1) is 19.7 Å². The van der Waals surface area contributed by atoms with Crippen molar-refractivity contribution in [2.75, 3.05) is 4.90 Å². The number of thiazole rings is 1. The molecule has 156 valence electrons. The van der Waals surface area contributed by atoms with E-state index >= 15 is 0 Å². The van der Waals surface area contributed by atoms with E-state index in [9.17, 15) is 4.39 Å². The van der Waals surface area contributed by atoms with Crippen LogP contribution < -0.4 is 10.2 Å². The molecule has 5 rings (SSSR count). The maximum Gasteiger partial charge on any atom is 0.193 e. The van der Waals surface area contributed by atoms with Crippen LogP contribution in [0.25, 0.3) is 5.13 Å². The van der Waals surface area contributed by atoms with Crippen LogP contribution >= 0.6 is 23.6 Å². The fourth-order valence-corrected chi connectivity index (χ4v) is 5.38. The summed E-state index contributed by atoms with van der Waals surface area (Å²) in [6.45, 7) is 4.13. The number of anilines is 1. The summed E-state index contributed by atoms with van der Waals surface area (Å²) in [7, 11) is 0. The third-order valence-corrected chi connectivity index (χ3v) is 6.68. The smallest absolute Gasteiger partial charge is 0.193 e. The molecule has 0 aliphatic carbocycles. The Balaban J connectivity index is 1.70. The first-order chi connectivity index (χ1) is 15.1. The van der Waals surface area contributed by atoms with Crippen molar-refractivity contribution in [3.05, 3.63) is 94.8 Å². The first kappa shape index (κ1) is 19.8. The van der Waals surface area contributed by atoms with Gasteiger partial charge in [-0.1, -0.05) is 18.2 Å². The summed E-state index contributed by atoms with van der Waals surface area (Å²) in [6.07, 6.45) is 3.56. The standard InChI is InChI=1S/C23H20FN5S2/c1-14-13-16(15(2)28(14)23-26-11-12-31-23)21-20(18-8-5-6-10-25-18)27-22(30)29(21)19-9-4-3-7-17(19)24/h3-13,20-21H,1-2H3,(H,27,30)/t20-,21-/m1/s1. The van der Waals surface area contributed by atoms with Crippen molar-refractivity contribution in [3.8, 4) is 5.13 Å². The number of hydrogen-bond acceptors (Lipinski definition) is 4. The van der Waals surface area contributed by atoms with E-state index in [1.54, 1.807) is 35.9 Å². The van der Waals surface area contributed by atoms with Crippen LogP contribution in [0.5, 0.6) is 0 Å². The Morgan fingerprint density at radius 1 is 1.06 bits per heavy atom. The van der Waals surface area contributed by atoms with E-state index in [4.69, 9.17) is 12.2 Å². The zero-order valence-electron chi connectivity index (χ0n) is 17.0. The zero-order chi connectivity index (χ0) is 21.5. The molecule has 8 heteroatoms. The lowest BCUT2D eigenvalue weighted by Gasteiger charge is -2.28. The van der Waals surface area contributed by atoms with Gasteiger partial charge in [0.05, 0.1) is 23.5 Å². The highest BCUT2D eigenvalue weighted by atomic mass is 32.1. The van der Waals surface area contributed by atoms with Crippen molar-refractivity contribution < 1.29 is 4.39 Å². The summed E-state index contributed by atoms with van der Waals surface area (Å²) in [5.74, 6) is -0.313. The van der Waals surface area contributed by atoms with Crippen LogP contribution in [-0.2, 0) is 0 Å². The van der Waals surface area contributed by atoms with Crippen molar-refractivity contribution >= 4 is 34.4 Å². The van der Waals surface area contributed by atoms with Crippen molar-refractivity contribution in [1.29, 1.82) is 0 Å². The Labute approximate surface area is 189 Å². The van der Waals surface area contributed by atoms with Crippen LogP contribution in [0.4, 0.5) is 10.1 Å². The molecular weight excluding hydrogens is 429 g/mol. The first-order valence-corrected chi connectivity index (χ1v) is 11.2. The molecule has 3 aromatic heterocycles. The van der Waals surface area contributed by atoms with Gasteiger partial charge in [-0.05, 0) is 62.0 Å². The van der Waals surface area contributed by atoms with Crippen LogP contribution in [0.15, 0.2) is 66.3 Å². The normalized spacial score (nSPS) is 18.4. The Morgan fingerprint density at radius 3 is 2.58 bits per heavy atom. The minimum absolute atomic E-state index is 0.224. The number of aromatic nitrogens is 3. The highest BCUT2D eigenvalue weighted by molar-refractivity contribution is 7.80. The zero-order valence-corrected chi connectivity index (χ0v) is 18.6. The fraction of sp³-hybridized carbons (Fsp3) is 0.174. The number of thiocarbonyl (C=S) groups is 1. The minimum Gasteiger partial charge on any atom is -0.351 e. The molecule has 0 bridgehead atoms. The van der Waals surface area contributed by atoms with Gasteiger partial charge >= 0.3 is 0 Å². The number of rotatable bonds is 4. The van der Waals surface area contributed by atoms with Gasteiger partial charge < -0.3 is 10.2 Å². The lowest BCUT2D eigenvalue weighted by atomic mass is 9.96. The summed E-state index contributed by atoms with van der Waals surface area (Å²) in [4.78, 5) is 10.9. The van der Waals surface area contributed by atoms with E-state index in [0.717, 1.165) is 27.8 Å². The van der Waals surface area contributed by atoms with Gasteiger partial charge in [-0.2, -0.15) is 0 Å². The minimum atomic E-state index is -0.313. The average molecular weight is 450 g/mol. The molecule has 2 atom stereocenters. The molecule has 4 heterocycles. The second-order valence-corrected chi connectivity index (χ2v) is 8.68. The van der Waals surface area contributed by atoms with Crippen molar-refractivity contribution in [2.45, 2.75) is 25.9 Å². The lowest BCUT2D eigenvalue weighted by molar-refractivity contribution is 0.556. The monoisotopic (exact) mass is 449 g/mol. The lowest BCUT2D eigenvalue weighted by Crippen LogP contribution is -2.30. The van der Waals surface area contributed by atoms with Gasteiger partial charge in [-0.3, -0.25) is 9.55 Å². The van der Waals surface area contributed by atoms with E-state index in [1.165, 1.54) is 6.07 Å². The number of halogens is 1. The SMILES string of the molecule is Cc1cc([C@@H]2[C@@H](c3ccccn3)NC(=S)N2c2ccccc2F)c(C)n1-c1nccs1. The summed E-state index contributed by atoms with van der Waals surface area (Å²) in [6, 6.07) is 14.2. The fourth-order valence-electron chi connectivity index (χ4n) is 4.29. The molecule has 4 aromatic rings. The molecule has 1 aliphatic heterocycles. The molecule has 0 saturated carbocycles. The van der Waals surface area contributed by atoms with Crippen LogP contribution in [0.1, 0.15) is 34.7 Å². The molecule has 5 nitrogen and oxygen atoms in total. The second-order valence-electron chi connectivity index (χ2n) is 7.42. The molecule has 1 N–H and O–H groups in total. The Morgan fingerprint density at radius 2 is 1.87 bits per heavy atom. The number of nitrogens with one attached hydrogen (secondary N) is 1. The molecule has 0 unspecified atom stereocenters. The van der Waals surface area contributed by atoms with Crippen molar-refractivity contribution in [2.24, 2.45) is 0 Å². The maximum absolute atomic E-state index is 14.9. The highest BCUT2D eigenvalue weighted by Crippen LogP contribution is 2.44. The predicted molar refractivity (Wildman–Crippen MR) is 125 cm³/mol. The number of benzene rings is 1. The van der Waals surface area contributed by atoms with Gasteiger partial charge in [0.1, 0.15) is 5.82 Å². The number of para-hydroxylation sites is 1. The Hall–Kier alpha value is -3.10. The van der Waals surface area contributed by atoms with Gasteiger partial charge in [-0.25, -0.2) is 9.37 Å². The Bertz CT molecular complexity index is 1240. The van der Waals surface area contributed by atoms with Gasteiger partial charge in [-0.15, -0.1) is 11.3 Å². The predicted octanol–water partition coefficient (Wildman–Crippen LogP) is 5.26. The van der Waals surface area contributed by atoms with Crippen LogP contribution in [-0.4, -0.2) is 19.6 Å². The van der Waals surface area contributed by atoms with E-state index in [2.05, 4.69) is 39.8 Å². The van der Waals surface area contributed by atoms with Crippen LogP contribution in [0.2, 0.25) is 0 Å². The van der Waals surface area contributed by atoms with E-state index < -0.39 is 0 Å². The van der Waals surface area contributed by atoms with Crippen molar-refractivity contribution in [1.82, 2.24) is 19.9 Å². The molecule has 0 radical (unpaired) electrons. The third kappa shape index (κ3) is 3.32. The molecule has 0 amide bonds. The third-order valence-electron chi connectivity index (χ3n) is 5.61. The summed E-state index contributed by atoms with van der Waals surface area (Å²) >= 11 is 7.28. The largest absolute Gasteiger partial charge is 0.351 e. The molecule has 31 heavy (non-hydrogen) atoms. The summed E-state index contributed by atoms with van der Waals surface area (Å²) in [5.41, 5.74) is 4.47. The Kier molecular flexibility index (Phi) is 5.03. The van der Waals surface area contributed by atoms with E-state index in [-0.39, 0.29) is 17.9 Å². The summed E-state index contributed by atoms with van der Waals surface area (Å²) in [5, 5.41) is 6.73.